The number of aromatic nitrogens is 2. The molecule has 0 spiro atoms. The number of piperidine rings is 1. The Labute approximate surface area is 170 Å². The molecule has 8 heteroatoms. The SMILES string of the molecule is CN=C(NCc1ccnn1C)N1CCC(COc2cc(Cl)cc(Cl)c2)CC1. The Balaban J connectivity index is 1.45. The van der Waals surface area contributed by atoms with Crippen LogP contribution in [-0.4, -0.2) is 47.4 Å². The van der Waals surface area contributed by atoms with Gasteiger partial charge in [-0.05, 0) is 43.0 Å². The molecule has 6 nitrogen and oxygen atoms in total. The minimum absolute atomic E-state index is 0.509. The summed E-state index contributed by atoms with van der Waals surface area (Å²) in [4.78, 5) is 6.71. The molecule has 27 heavy (non-hydrogen) atoms. The van der Waals surface area contributed by atoms with Gasteiger partial charge in [0.1, 0.15) is 5.75 Å². The molecule has 0 amide bonds. The van der Waals surface area contributed by atoms with Crippen molar-refractivity contribution in [3.63, 3.8) is 0 Å². The highest BCUT2D eigenvalue weighted by molar-refractivity contribution is 6.34. The van der Waals surface area contributed by atoms with Gasteiger partial charge in [-0.3, -0.25) is 9.67 Å². The van der Waals surface area contributed by atoms with Crippen molar-refractivity contribution in [3.05, 3.63) is 46.2 Å². The molecule has 3 rings (SSSR count). The maximum Gasteiger partial charge on any atom is 0.193 e. The molecule has 1 aromatic heterocycles. The minimum Gasteiger partial charge on any atom is -0.493 e. The number of guanidine groups is 1. The molecule has 1 aliphatic heterocycles. The highest BCUT2D eigenvalue weighted by Crippen LogP contribution is 2.26. The van der Waals surface area contributed by atoms with E-state index in [4.69, 9.17) is 27.9 Å². The second kappa shape index (κ2) is 9.33. The lowest BCUT2D eigenvalue weighted by atomic mass is 9.98. The maximum absolute atomic E-state index is 6.02. The predicted octanol–water partition coefficient (Wildman–Crippen LogP) is 3.59. The molecule has 0 radical (unpaired) electrons. The summed E-state index contributed by atoms with van der Waals surface area (Å²) >= 11 is 12.0. The summed E-state index contributed by atoms with van der Waals surface area (Å²) in [7, 11) is 3.77. The first-order chi connectivity index (χ1) is 13.0. The zero-order chi connectivity index (χ0) is 19.2. The number of nitrogens with zero attached hydrogens (tertiary/aromatic N) is 4. The molecule has 0 bridgehead atoms. The molecule has 0 unspecified atom stereocenters. The molecule has 1 N–H and O–H groups in total. The van der Waals surface area contributed by atoms with E-state index in [2.05, 4.69) is 20.3 Å². The van der Waals surface area contributed by atoms with Gasteiger partial charge in [-0.25, -0.2) is 0 Å². The lowest BCUT2D eigenvalue weighted by Gasteiger charge is -2.34. The van der Waals surface area contributed by atoms with Gasteiger partial charge >= 0.3 is 0 Å². The number of rotatable bonds is 5. The number of nitrogens with one attached hydrogen (secondary N) is 1. The van der Waals surface area contributed by atoms with E-state index in [0.29, 0.717) is 29.1 Å². The summed E-state index contributed by atoms with van der Waals surface area (Å²) in [5.41, 5.74) is 1.12. The lowest BCUT2D eigenvalue weighted by Crippen LogP contribution is -2.46. The van der Waals surface area contributed by atoms with Crippen LogP contribution in [-0.2, 0) is 13.6 Å². The van der Waals surface area contributed by atoms with Crippen molar-refractivity contribution in [2.75, 3.05) is 26.7 Å². The molecule has 0 saturated carbocycles. The summed E-state index contributed by atoms with van der Waals surface area (Å²) < 4.78 is 7.76. The van der Waals surface area contributed by atoms with Crippen LogP contribution >= 0.6 is 23.2 Å². The van der Waals surface area contributed by atoms with Crippen LogP contribution in [0.5, 0.6) is 5.75 Å². The number of hydrogen-bond donors (Lipinski definition) is 1. The van der Waals surface area contributed by atoms with Crippen LogP contribution in [0.15, 0.2) is 35.5 Å². The van der Waals surface area contributed by atoms with Crippen molar-refractivity contribution >= 4 is 29.2 Å². The molecule has 1 saturated heterocycles. The number of benzene rings is 1. The summed E-state index contributed by atoms with van der Waals surface area (Å²) in [6.07, 6.45) is 3.92. The third-order valence-corrected chi connectivity index (χ3v) is 5.23. The van der Waals surface area contributed by atoms with Crippen molar-refractivity contribution < 1.29 is 4.74 Å². The monoisotopic (exact) mass is 409 g/mol. The minimum atomic E-state index is 0.509. The van der Waals surface area contributed by atoms with E-state index in [9.17, 15) is 0 Å². The average molecular weight is 410 g/mol. The Morgan fingerprint density at radius 1 is 1.26 bits per heavy atom. The largest absolute Gasteiger partial charge is 0.493 e. The molecule has 2 heterocycles. The fourth-order valence-corrected chi connectivity index (χ4v) is 3.72. The molecular weight excluding hydrogens is 385 g/mol. The van der Waals surface area contributed by atoms with Crippen molar-refractivity contribution in [2.45, 2.75) is 19.4 Å². The quantitative estimate of drug-likeness (QED) is 0.605. The molecule has 1 aromatic carbocycles. The lowest BCUT2D eigenvalue weighted by molar-refractivity contribution is 0.179. The molecule has 2 aromatic rings. The maximum atomic E-state index is 6.02. The zero-order valence-electron chi connectivity index (χ0n) is 15.7. The van der Waals surface area contributed by atoms with E-state index in [-0.39, 0.29) is 0 Å². The molecule has 1 aliphatic rings. The van der Waals surface area contributed by atoms with Gasteiger partial charge in [0.2, 0.25) is 0 Å². The van der Waals surface area contributed by atoms with Crippen molar-refractivity contribution in [3.8, 4) is 5.75 Å². The normalized spacial score (nSPS) is 15.9. The topological polar surface area (TPSA) is 54.7 Å². The summed E-state index contributed by atoms with van der Waals surface area (Å²) in [6.45, 7) is 3.29. The number of aliphatic imine (C=N–C) groups is 1. The standard InChI is InChI=1S/C19H25Cl2N5O/c1-22-19(23-12-17-3-6-24-25(17)2)26-7-4-14(5-8-26)13-27-18-10-15(20)9-16(21)11-18/h3,6,9-11,14H,4-5,7-8,12-13H2,1-2H3,(H,22,23). The fraction of sp³-hybridized carbons (Fsp3) is 0.474. The Morgan fingerprint density at radius 3 is 2.56 bits per heavy atom. The van der Waals surface area contributed by atoms with Crippen LogP contribution < -0.4 is 10.1 Å². The zero-order valence-corrected chi connectivity index (χ0v) is 17.2. The fourth-order valence-electron chi connectivity index (χ4n) is 3.21. The Bertz CT molecular complexity index is 764. The van der Waals surface area contributed by atoms with E-state index in [0.717, 1.165) is 43.3 Å². The van der Waals surface area contributed by atoms with Crippen LogP contribution in [0.2, 0.25) is 10.0 Å². The van der Waals surface area contributed by atoms with Gasteiger partial charge in [0.05, 0.1) is 18.8 Å². The van der Waals surface area contributed by atoms with Gasteiger partial charge in [0, 0.05) is 43.4 Å². The van der Waals surface area contributed by atoms with E-state index in [1.807, 2.05) is 24.8 Å². The first kappa shape index (κ1) is 19.8. The summed E-state index contributed by atoms with van der Waals surface area (Å²) in [6, 6.07) is 7.31. The Morgan fingerprint density at radius 2 is 1.96 bits per heavy atom. The van der Waals surface area contributed by atoms with Crippen LogP contribution in [0.3, 0.4) is 0 Å². The van der Waals surface area contributed by atoms with Crippen LogP contribution in [0.25, 0.3) is 0 Å². The number of likely N-dealkylation sites (tertiary alicyclic amines) is 1. The molecule has 146 valence electrons. The van der Waals surface area contributed by atoms with Crippen LogP contribution in [0, 0.1) is 5.92 Å². The van der Waals surface area contributed by atoms with Crippen LogP contribution in [0.4, 0.5) is 0 Å². The van der Waals surface area contributed by atoms with E-state index in [1.54, 1.807) is 24.4 Å². The molecule has 0 aliphatic carbocycles. The van der Waals surface area contributed by atoms with Gasteiger partial charge in [-0.15, -0.1) is 0 Å². The summed E-state index contributed by atoms with van der Waals surface area (Å²) in [5, 5.41) is 8.80. The number of ether oxygens (including phenoxy) is 1. The van der Waals surface area contributed by atoms with Crippen LogP contribution in [0.1, 0.15) is 18.5 Å². The van der Waals surface area contributed by atoms with Crippen molar-refractivity contribution in [1.82, 2.24) is 20.0 Å². The average Bonchev–Trinajstić information content (AvgIpc) is 3.06. The third kappa shape index (κ3) is 5.53. The first-order valence-corrected chi connectivity index (χ1v) is 9.82. The predicted molar refractivity (Wildman–Crippen MR) is 110 cm³/mol. The Hall–Kier alpha value is -1.92. The van der Waals surface area contributed by atoms with Gasteiger partial charge in [-0.1, -0.05) is 23.2 Å². The van der Waals surface area contributed by atoms with Crippen molar-refractivity contribution in [2.24, 2.45) is 18.0 Å². The molecular formula is C19H25Cl2N5O. The van der Waals surface area contributed by atoms with Gasteiger partial charge in [-0.2, -0.15) is 5.10 Å². The third-order valence-electron chi connectivity index (χ3n) is 4.80. The Kier molecular flexibility index (Phi) is 6.85. The van der Waals surface area contributed by atoms with Gasteiger partial charge in [0.25, 0.3) is 0 Å². The number of aryl methyl sites for hydroxylation is 1. The molecule has 0 atom stereocenters. The van der Waals surface area contributed by atoms with E-state index >= 15 is 0 Å². The first-order valence-electron chi connectivity index (χ1n) is 9.06. The van der Waals surface area contributed by atoms with Gasteiger partial charge in [0.15, 0.2) is 5.96 Å². The van der Waals surface area contributed by atoms with E-state index < -0.39 is 0 Å². The second-order valence-electron chi connectivity index (χ2n) is 6.69. The molecule has 1 fully saturated rings. The second-order valence-corrected chi connectivity index (χ2v) is 7.57. The summed E-state index contributed by atoms with van der Waals surface area (Å²) in [5.74, 6) is 2.16. The smallest absolute Gasteiger partial charge is 0.193 e. The highest BCUT2D eigenvalue weighted by atomic mass is 35.5. The number of halogens is 2. The van der Waals surface area contributed by atoms with E-state index in [1.165, 1.54) is 0 Å². The highest BCUT2D eigenvalue weighted by Gasteiger charge is 2.22. The van der Waals surface area contributed by atoms with Gasteiger partial charge < -0.3 is 15.0 Å². The van der Waals surface area contributed by atoms with Crippen molar-refractivity contribution in [1.29, 1.82) is 0 Å². The number of hydrogen-bond acceptors (Lipinski definition) is 3.